The van der Waals surface area contributed by atoms with Gasteiger partial charge in [-0.15, -0.1) is 0 Å². The molecule has 0 aliphatic heterocycles. The predicted molar refractivity (Wildman–Crippen MR) is 298 cm³/mol. The first-order chi connectivity index (χ1) is 36.2. The fourth-order valence-corrected chi connectivity index (χ4v) is 9.84. The van der Waals surface area contributed by atoms with Gasteiger partial charge in [0.15, 0.2) is 0 Å². The Labute approximate surface area is 452 Å². The molecule has 8 aromatic carbocycles. The van der Waals surface area contributed by atoms with Crippen LogP contribution in [0.5, 0.6) is 0 Å². The van der Waals surface area contributed by atoms with Crippen molar-refractivity contribution in [2.75, 3.05) is 0 Å². The zero-order valence-electron chi connectivity index (χ0n) is 43.3. The Hall–Kier alpha value is -7.40. The first-order valence-corrected chi connectivity index (χ1v) is 26.0. The first kappa shape index (κ1) is 54.8. The lowest BCUT2D eigenvalue weighted by molar-refractivity contribution is -0.158. The van der Waals surface area contributed by atoms with Gasteiger partial charge >= 0.3 is 11.9 Å². The summed E-state index contributed by atoms with van der Waals surface area (Å²) < 4.78 is 41.6. The van der Waals surface area contributed by atoms with Gasteiger partial charge < -0.3 is 20.1 Å². The largest absolute Gasteiger partial charge is 0.455 e. The first-order valence-electron chi connectivity index (χ1n) is 25.3. The molecule has 390 valence electrons. The number of halogens is 4. The van der Waals surface area contributed by atoms with Crippen molar-refractivity contribution < 1.29 is 37.4 Å². The molecule has 0 aliphatic rings. The maximum atomic E-state index is 14.5. The van der Waals surface area contributed by atoms with Crippen molar-refractivity contribution in [2.45, 2.75) is 102 Å². The number of carbonyl (C=O) groups excluding carboxylic acids is 4. The highest BCUT2D eigenvalue weighted by Gasteiger charge is 2.33. The van der Waals surface area contributed by atoms with E-state index in [1.807, 2.05) is 60.7 Å². The highest BCUT2D eigenvalue weighted by atomic mass is 35.5. The lowest BCUT2D eigenvalue weighted by Crippen LogP contribution is -2.43. The van der Waals surface area contributed by atoms with E-state index in [0.29, 0.717) is 53.8 Å². The quantitative estimate of drug-likeness (QED) is 0.0879. The van der Waals surface area contributed by atoms with Crippen molar-refractivity contribution in [1.82, 2.24) is 10.6 Å². The Morgan fingerprint density at radius 2 is 0.776 bits per heavy atom. The van der Waals surface area contributed by atoms with Crippen LogP contribution in [0.1, 0.15) is 121 Å². The molecule has 0 bridgehead atoms. The van der Waals surface area contributed by atoms with E-state index in [1.54, 1.807) is 60.7 Å². The van der Waals surface area contributed by atoms with E-state index in [4.69, 9.17) is 32.7 Å². The summed E-state index contributed by atoms with van der Waals surface area (Å²) in [6, 6.07) is 46.1. The van der Waals surface area contributed by atoms with Crippen LogP contribution >= 0.6 is 23.2 Å². The van der Waals surface area contributed by atoms with Gasteiger partial charge in [0.2, 0.25) is 0 Å². The second kappa shape index (κ2) is 23.6. The fourth-order valence-electron chi connectivity index (χ4n) is 9.36. The average Bonchev–Trinajstić information content (AvgIpc) is 3.39. The average molecular weight is 1060 g/mol. The Morgan fingerprint density at radius 1 is 0.447 bits per heavy atom. The second-order valence-electron chi connectivity index (χ2n) is 21.2. The van der Waals surface area contributed by atoms with Gasteiger partial charge in [-0.3, -0.25) is 19.2 Å². The number of hydrogen-bond acceptors (Lipinski definition) is 6. The summed E-state index contributed by atoms with van der Waals surface area (Å²) >= 11 is 13.1. The minimum Gasteiger partial charge on any atom is -0.455 e. The Kier molecular flexibility index (Phi) is 17.1. The van der Waals surface area contributed by atoms with Gasteiger partial charge in [-0.25, -0.2) is 8.78 Å². The molecule has 8 rings (SSSR count). The zero-order chi connectivity index (χ0) is 54.3. The number of hydrogen-bond donors (Lipinski definition) is 2. The molecule has 4 atom stereocenters. The monoisotopic (exact) mass is 1060 g/mol. The third kappa shape index (κ3) is 13.5. The molecule has 0 fully saturated rings. The minimum absolute atomic E-state index is 0.131. The standard InChI is InChI=1S/C64H60Cl2F2N2O6/c1-63(2,3)43-27-19-39(20-28-43)37-55(69-61(73)51-15-7-13-49-47(51)11-9-17-53(49)65)59(41-23-31-45(67)32-24-41)75-57(71)35-36-58(72)76-60(42-25-33-46(68)34-26-42)56(38-40-21-29-44(30-22-40)64(4,5)6)70-62(74)52-16-8-14-50-48(52)12-10-18-54(50)66/h7-34,55-56,59-60H,35-38H2,1-6H3,(H,69,73)(H,70,74). The van der Waals surface area contributed by atoms with Gasteiger partial charge in [0, 0.05) is 31.9 Å². The Morgan fingerprint density at radius 3 is 1.12 bits per heavy atom. The molecule has 8 nitrogen and oxygen atoms in total. The van der Waals surface area contributed by atoms with Crippen molar-refractivity contribution in [3.8, 4) is 0 Å². The van der Waals surface area contributed by atoms with Crippen molar-refractivity contribution >= 4 is 68.5 Å². The van der Waals surface area contributed by atoms with Crippen LogP contribution in [0.4, 0.5) is 8.78 Å². The molecule has 12 heteroatoms. The van der Waals surface area contributed by atoms with Crippen molar-refractivity contribution in [1.29, 1.82) is 0 Å². The summed E-state index contributed by atoms with van der Waals surface area (Å²) in [5, 5.41) is 9.82. The third-order valence-corrected chi connectivity index (χ3v) is 14.2. The maximum absolute atomic E-state index is 14.5. The lowest BCUT2D eigenvalue weighted by Gasteiger charge is -2.30. The van der Waals surface area contributed by atoms with Gasteiger partial charge in [0.05, 0.1) is 24.9 Å². The summed E-state index contributed by atoms with van der Waals surface area (Å²) in [6.07, 6.45) is -2.88. The molecule has 2 N–H and O–H groups in total. The molecular weight excluding hydrogens is 1000 g/mol. The molecular formula is C64H60Cl2F2N2O6. The van der Waals surface area contributed by atoms with Gasteiger partial charge in [-0.2, -0.15) is 0 Å². The number of ether oxygens (including phenoxy) is 2. The molecule has 2 amide bonds. The lowest BCUT2D eigenvalue weighted by atomic mass is 9.86. The van der Waals surface area contributed by atoms with Crippen LogP contribution in [0.2, 0.25) is 10.0 Å². The van der Waals surface area contributed by atoms with Gasteiger partial charge in [0.25, 0.3) is 11.8 Å². The van der Waals surface area contributed by atoms with Gasteiger partial charge in [-0.05, 0) is 116 Å². The van der Waals surface area contributed by atoms with Crippen LogP contribution in [0.15, 0.2) is 170 Å². The van der Waals surface area contributed by atoms with E-state index in [0.717, 1.165) is 22.3 Å². The van der Waals surface area contributed by atoms with Crippen LogP contribution < -0.4 is 10.6 Å². The van der Waals surface area contributed by atoms with E-state index in [1.165, 1.54) is 48.5 Å². The maximum Gasteiger partial charge on any atom is 0.307 e. The fraction of sp³-hybridized carbons (Fsp3) is 0.250. The van der Waals surface area contributed by atoms with Gasteiger partial charge in [0.1, 0.15) is 23.8 Å². The number of esters is 2. The third-order valence-electron chi connectivity index (χ3n) is 13.6. The molecule has 76 heavy (non-hydrogen) atoms. The SMILES string of the molecule is CC(C)(C)c1ccc(CC(NC(=O)c2cccc3c(Cl)cccc23)C(OC(=O)CCC(=O)OC(c2ccc(F)cc2)C(Cc2ccc(C(C)(C)C)cc2)NC(=O)c2cccc3c(Cl)cccc23)c2ccc(F)cc2)cc1. The molecule has 8 aromatic rings. The minimum atomic E-state index is -1.17. The van der Waals surface area contributed by atoms with Crippen molar-refractivity contribution in [2.24, 2.45) is 0 Å². The highest BCUT2D eigenvalue weighted by molar-refractivity contribution is 6.36. The van der Waals surface area contributed by atoms with Crippen LogP contribution in [-0.4, -0.2) is 35.8 Å². The summed E-state index contributed by atoms with van der Waals surface area (Å²) in [7, 11) is 0. The van der Waals surface area contributed by atoms with E-state index in [9.17, 15) is 28.0 Å². The number of benzene rings is 8. The van der Waals surface area contributed by atoms with E-state index in [2.05, 4.69) is 52.2 Å². The molecule has 0 aliphatic carbocycles. The Balaban J connectivity index is 1.08. The van der Waals surface area contributed by atoms with Crippen molar-refractivity contribution in [3.63, 3.8) is 0 Å². The summed E-state index contributed by atoms with van der Waals surface area (Å²) in [6.45, 7) is 12.7. The topological polar surface area (TPSA) is 111 Å². The molecule has 0 spiro atoms. The molecule has 0 saturated carbocycles. The van der Waals surface area contributed by atoms with Crippen LogP contribution in [0, 0.1) is 11.6 Å². The summed E-state index contributed by atoms with van der Waals surface area (Å²) in [4.78, 5) is 57.4. The predicted octanol–water partition coefficient (Wildman–Crippen LogP) is 14.9. The smallest absolute Gasteiger partial charge is 0.307 e. The highest BCUT2D eigenvalue weighted by Crippen LogP contribution is 2.33. The molecule has 4 unspecified atom stereocenters. The number of carbonyl (C=O) groups is 4. The Bertz CT molecular complexity index is 3140. The van der Waals surface area contributed by atoms with E-state index in [-0.39, 0.29) is 23.7 Å². The second-order valence-corrected chi connectivity index (χ2v) is 22.0. The number of nitrogens with one attached hydrogen (secondary N) is 2. The zero-order valence-corrected chi connectivity index (χ0v) is 44.8. The number of fused-ring (bicyclic) bond motifs is 2. The molecule has 0 radical (unpaired) electrons. The van der Waals surface area contributed by atoms with Crippen molar-refractivity contribution in [3.05, 3.63) is 236 Å². The normalized spacial score (nSPS) is 13.3. The number of rotatable bonds is 17. The van der Waals surface area contributed by atoms with E-state index >= 15 is 0 Å². The summed E-state index contributed by atoms with van der Waals surface area (Å²) in [5.41, 5.74) is 5.06. The van der Waals surface area contributed by atoms with Gasteiger partial charge in [-0.1, -0.05) is 186 Å². The van der Waals surface area contributed by atoms with Crippen LogP contribution in [0.3, 0.4) is 0 Å². The molecule has 0 heterocycles. The van der Waals surface area contributed by atoms with Crippen LogP contribution in [-0.2, 0) is 42.7 Å². The molecule has 0 saturated heterocycles. The van der Waals surface area contributed by atoms with Crippen LogP contribution in [0.25, 0.3) is 21.5 Å². The van der Waals surface area contributed by atoms with E-state index < -0.39 is 72.5 Å². The molecule has 0 aromatic heterocycles. The summed E-state index contributed by atoms with van der Waals surface area (Å²) in [5.74, 6) is -3.56. The number of amides is 2.